The number of hydrogen-bond donors (Lipinski definition) is 0. The molecule has 2 aromatic carbocycles. The van der Waals surface area contributed by atoms with Gasteiger partial charge in [0, 0.05) is 11.1 Å². The number of benzene rings is 2. The van der Waals surface area contributed by atoms with E-state index in [9.17, 15) is 0 Å². The molecule has 0 aliphatic heterocycles. The summed E-state index contributed by atoms with van der Waals surface area (Å²) in [7, 11) is 0. The lowest BCUT2D eigenvalue weighted by Gasteiger charge is -2.08. The van der Waals surface area contributed by atoms with Crippen LogP contribution in [0.4, 0.5) is 0 Å². The van der Waals surface area contributed by atoms with Gasteiger partial charge in [-0.05, 0) is 86.8 Å². The Morgan fingerprint density at radius 3 is 1.33 bits per heavy atom. The molecule has 2 aliphatic carbocycles. The van der Waals surface area contributed by atoms with Gasteiger partial charge in [0.1, 0.15) is 0 Å². The van der Waals surface area contributed by atoms with Crippen molar-refractivity contribution in [2.75, 3.05) is 0 Å². The molecule has 2 nitrogen and oxygen atoms in total. The van der Waals surface area contributed by atoms with Crippen LogP contribution in [0.2, 0.25) is 0 Å². The van der Waals surface area contributed by atoms with Gasteiger partial charge in [-0.3, -0.25) is 0 Å². The molecule has 24 heavy (non-hydrogen) atoms. The Balaban J connectivity index is 1.77. The first kappa shape index (κ1) is 15.3. The minimum absolute atomic E-state index is 1.01. The lowest BCUT2D eigenvalue weighted by molar-refractivity contribution is 1.05. The van der Waals surface area contributed by atoms with Gasteiger partial charge in [-0.2, -0.15) is 10.2 Å². The van der Waals surface area contributed by atoms with Crippen LogP contribution in [0.1, 0.15) is 57.3 Å². The van der Waals surface area contributed by atoms with Gasteiger partial charge in [0.2, 0.25) is 0 Å². The fourth-order valence-corrected chi connectivity index (χ4v) is 4.24. The predicted molar refractivity (Wildman–Crippen MR) is 102 cm³/mol. The van der Waals surface area contributed by atoms with Gasteiger partial charge in [0.25, 0.3) is 0 Å². The normalized spacial score (nSPS) is 19.2. The molecule has 0 bridgehead atoms. The molecule has 0 heterocycles. The van der Waals surface area contributed by atoms with E-state index in [-0.39, 0.29) is 0 Å². The van der Waals surface area contributed by atoms with Crippen molar-refractivity contribution in [1.82, 2.24) is 0 Å². The van der Waals surface area contributed by atoms with Gasteiger partial charge in [-0.25, -0.2) is 0 Å². The molecule has 0 fully saturated rings. The highest BCUT2D eigenvalue weighted by Gasteiger charge is 2.24. The fraction of sp³-hybridized carbons (Fsp3) is 0.364. The molecule has 0 saturated heterocycles. The van der Waals surface area contributed by atoms with Crippen molar-refractivity contribution in [3.05, 3.63) is 68.8 Å². The van der Waals surface area contributed by atoms with Crippen molar-refractivity contribution in [2.45, 2.75) is 53.4 Å². The Morgan fingerprint density at radius 1 is 0.542 bits per heavy atom. The zero-order valence-corrected chi connectivity index (χ0v) is 15.0. The second kappa shape index (κ2) is 5.70. The van der Waals surface area contributed by atoms with Gasteiger partial charge in [0.15, 0.2) is 0 Å². The molecule has 2 aromatic rings. The van der Waals surface area contributed by atoms with E-state index < -0.39 is 0 Å². The third-order valence-electron chi connectivity index (χ3n) is 5.60. The number of aryl methyl sites for hydroxylation is 4. The Kier molecular flexibility index (Phi) is 3.64. The summed E-state index contributed by atoms with van der Waals surface area (Å²) in [6.45, 7) is 8.77. The summed E-state index contributed by atoms with van der Waals surface area (Å²) in [4.78, 5) is 0. The fourth-order valence-electron chi connectivity index (χ4n) is 4.24. The van der Waals surface area contributed by atoms with Crippen LogP contribution < -0.4 is 0 Å². The van der Waals surface area contributed by atoms with E-state index in [1.54, 1.807) is 0 Å². The lowest BCUT2D eigenvalue weighted by Crippen LogP contribution is -2.01. The highest BCUT2D eigenvalue weighted by atomic mass is 15.2. The van der Waals surface area contributed by atoms with Crippen LogP contribution in [0.15, 0.2) is 34.5 Å². The first-order valence-electron chi connectivity index (χ1n) is 8.88. The van der Waals surface area contributed by atoms with E-state index in [1.807, 2.05) is 0 Å². The predicted octanol–water partition coefficient (Wildman–Crippen LogP) is 5.01. The minimum Gasteiger partial charge on any atom is -0.155 e. The molecule has 2 aliphatic rings. The summed E-state index contributed by atoms with van der Waals surface area (Å²) in [6.07, 6.45) is 4.22. The summed E-state index contributed by atoms with van der Waals surface area (Å²) < 4.78 is 0. The van der Waals surface area contributed by atoms with E-state index in [2.05, 4.69) is 52.0 Å². The van der Waals surface area contributed by atoms with Crippen LogP contribution in [-0.2, 0) is 12.8 Å². The van der Waals surface area contributed by atoms with E-state index in [4.69, 9.17) is 10.2 Å². The molecule has 0 N–H and O–H groups in total. The zero-order chi connectivity index (χ0) is 16.8. The smallest absolute Gasteiger partial charge is 0.0711 e. The first-order chi connectivity index (χ1) is 11.6. The summed E-state index contributed by atoms with van der Waals surface area (Å²) in [5, 5.41) is 9.45. The SMILES string of the molecule is Cc1ccc(C)c2c1CC/C2=N/N=C1/CCc2c(C)ccc(C)c21. The monoisotopic (exact) mass is 316 g/mol. The highest BCUT2D eigenvalue weighted by Crippen LogP contribution is 2.31. The Hall–Kier alpha value is -2.22. The lowest BCUT2D eigenvalue weighted by atomic mass is 9.99. The number of rotatable bonds is 1. The summed E-state index contributed by atoms with van der Waals surface area (Å²) >= 11 is 0. The Bertz CT molecular complexity index is 825. The molecular weight excluding hydrogens is 292 g/mol. The Morgan fingerprint density at radius 2 is 0.917 bits per heavy atom. The maximum atomic E-state index is 4.72. The van der Waals surface area contributed by atoms with Gasteiger partial charge >= 0.3 is 0 Å². The summed E-state index contributed by atoms with van der Waals surface area (Å²) in [5.41, 5.74) is 13.4. The highest BCUT2D eigenvalue weighted by molar-refractivity contribution is 6.08. The molecular formula is C22H24N2. The molecule has 0 saturated carbocycles. The molecule has 0 atom stereocenters. The number of nitrogens with zero attached hydrogens (tertiary/aromatic N) is 2. The second-order valence-electron chi connectivity index (χ2n) is 7.20. The topological polar surface area (TPSA) is 24.7 Å². The average molecular weight is 316 g/mol. The molecule has 0 aromatic heterocycles. The van der Waals surface area contributed by atoms with Crippen molar-refractivity contribution in [2.24, 2.45) is 10.2 Å². The van der Waals surface area contributed by atoms with E-state index in [0.717, 1.165) is 37.1 Å². The molecule has 122 valence electrons. The third kappa shape index (κ3) is 2.32. The summed E-state index contributed by atoms with van der Waals surface area (Å²) in [6, 6.07) is 8.87. The van der Waals surface area contributed by atoms with Crippen LogP contribution in [0, 0.1) is 27.7 Å². The minimum atomic E-state index is 1.01. The van der Waals surface area contributed by atoms with E-state index in [0.29, 0.717) is 0 Å². The molecule has 0 unspecified atom stereocenters. The van der Waals surface area contributed by atoms with Crippen molar-refractivity contribution >= 4 is 11.4 Å². The quantitative estimate of drug-likeness (QED) is 0.661. The van der Waals surface area contributed by atoms with E-state index in [1.165, 1.54) is 44.5 Å². The Labute approximate surface area is 144 Å². The number of fused-ring (bicyclic) bond motifs is 2. The van der Waals surface area contributed by atoms with E-state index >= 15 is 0 Å². The van der Waals surface area contributed by atoms with Gasteiger partial charge < -0.3 is 0 Å². The molecule has 0 amide bonds. The van der Waals surface area contributed by atoms with Gasteiger partial charge in [-0.1, -0.05) is 24.3 Å². The first-order valence-corrected chi connectivity index (χ1v) is 8.88. The number of hydrogen-bond acceptors (Lipinski definition) is 2. The molecule has 4 rings (SSSR count). The molecule has 0 spiro atoms. The van der Waals surface area contributed by atoms with Crippen molar-refractivity contribution in [1.29, 1.82) is 0 Å². The molecule has 0 radical (unpaired) electrons. The maximum absolute atomic E-state index is 4.72. The largest absolute Gasteiger partial charge is 0.155 e. The van der Waals surface area contributed by atoms with Gasteiger partial charge in [0.05, 0.1) is 11.4 Å². The maximum Gasteiger partial charge on any atom is 0.0711 e. The average Bonchev–Trinajstić information content (AvgIpc) is 3.18. The second-order valence-corrected chi connectivity index (χ2v) is 7.20. The van der Waals surface area contributed by atoms with Crippen molar-refractivity contribution < 1.29 is 0 Å². The van der Waals surface area contributed by atoms with Crippen molar-refractivity contribution in [3.63, 3.8) is 0 Å². The van der Waals surface area contributed by atoms with Gasteiger partial charge in [-0.15, -0.1) is 0 Å². The van der Waals surface area contributed by atoms with Crippen LogP contribution in [-0.4, -0.2) is 11.4 Å². The van der Waals surface area contributed by atoms with Crippen LogP contribution in [0.25, 0.3) is 0 Å². The zero-order valence-electron chi connectivity index (χ0n) is 15.0. The van der Waals surface area contributed by atoms with Crippen LogP contribution in [0.3, 0.4) is 0 Å². The standard InChI is InChI=1S/C22H24N2/c1-13-5-7-15(3)21-17(13)9-11-19(21)23-24-20-12-10-18-14(2)6-8-16(4)22(18)20/h5-8H,9-12H2,1-4H3/b23-19-,24-20-. The summed E-state index contributed by atoms with van der Waals surface area (Å²) in [5.74, 6) is 0. The van der Waals surface area contributed by atoms with Crippen LogP contribution in [0.5, 0.6) is 0 Å². The van der Waals surface area contributed by atoms with Crippen LogP contribution >= 0.6 is 0 Å². The van der Waals surface area contributed by atoms with Crippen molar-refractivity contribution in [3.8, 4) is 0 Å². The third-order valence-corrected chi connectivity index (χ3v) is 5.60. The molecule has 2 heteroatoms.